The molecule has 1 saturated heterocycles. The number of para-hydroxylation sites is 1. The lowest BCUT2D eigenvalue weighted by atomic mass is 9.99. The van der Waals surface area contributed by atoms with Crippen LogP contribution in [0.3, 0.4) is 0 Å². The number of ether oxygens (including phenoxy) is 1. The van der Waals surface area contributed by atoms with Crippen LogP contribution in [0.2, 0.25) is 0 Å². The number of aromatic amines is 1. The van der Waals surface area contributed by atoms with Gasteiger partial charge in [-0.2, -0.15) is 0 Å². The fraction of sp³-hybridized carbons (Fsp3) is 0.318. The van der Waals surface area contributed by atoms with Crippen LogP contribution in [0.15, 0.2) is 54.6 Å². The van der Waals surface area contributed by atoms with Crippen LogP contribution in [0.4, 0.5) is 0 Å². The Morgan fingerprint density at radius 2 is 1.96 bits per heavy atom. The summed E-state index contributed by atoms with van der Waals surface area (Å²) in [6, 6.07) is 18.3. The number of piperidine rings is 1. The standard InChI is InChI=1S/C22H24N2O2/c1-16-9-11-18(12-10-16)26-15-22(25)24-13-5-4-8-21(24)20-14-17-6-2-3-7-19(17)23-20/h2-3,6-7,9-12,14,21,23H,4-5,8,13,15H2,1H3. The van der Waals surface area contributed by atoms with Crippen LogP contribution in [0.5, 0.6) is 5.75 Å². The zero-order valence-electron chi connectivity index (χ0n) is 15.1. The number of carbonyl (C=O) groups excluding carboxylic acids is 1. The maximum Gasteiger partial charge on any atom is 0.261 e. The number of hydrogen-bond acceptors (Lipinski definition) is 2. The summed E-state index contributed by atoms with van der Waals surface area (Å²) in [6.45, 7) is 2.91. The van der Waals surface area contributed by atoms with Gasteiger partial charge in [0.1, 0.15) is 5.75 Å². The first-order valence-corrected chi connectivity index (χ1v) is 9.27. The molecule has 26 heavy (non-hydrogen) atoms. The number of benzene rings is 2. The Labute approximate surface area is 153 Å². The van der Waals surface area contributed by atoms with Crippen LogP contribution >= 0.6 is 0 Å². The van der Waals surface area contributed by atoms with E-state index in [9.17, 15) is 4.79 Å². The van der Waals surface area contributed by atoms with E-state index in [1.54, 1.807) is 0 Å². The van der Waals surface area contributed by atoms with Crippen molar-refractivity contribution in [3.05, 3.63) is 65.9 Å². The Balaban J connectivity index is 1.49. The Morgan fingerprint density at radius 3 is 2.77 bits per heavy atom. The van der Waals surface area contributed by atoms with E-state index in [0.29, 0.717) is 0 Å². The first-order chi connectivity index (χ1) is 12.7. The van der Waals surface area contributed by atoms with Crippen molar-refractivity contribution in [1.29, 1.82) is 0 Å². The number of fused-ring (bicyclic) bond motifs is 1. The second-order valence-corrected chi connectivity index (χ2v) is 7.01. The molecule has 0 spiro atoms. The van der Waals surface area contributed by atoms with Crippen molar-refractivity contribution >= 4 is 16.8 Å². The van der Waals surface area contributed by atoms with E-state index in [2.05, 4.69) is 23.2 Å². The largest absolute Gasteiger partial charge is 0.484 e. The van der Waals surface area contributed by atoms with Crippen LogP contribution in [0.25, 0.3) is 10.9 Å². The summed E-state index contributed by atoms with van der Waals surface area (Å²) in [4.78, 5) is 18.3. The van der Waals surface area contributed by atoms with Gasteiger partial charge in [0.05, 0.1) is 6.04 Å². The highest BCUT2D eigenvalue weighted by atomic mass is 16.5. The Kier molecular flexibility index (Phi) is 4.65. The van der Waals surface area contributed by atoms with Crippen LogP contribution in [-0.4, -0.2) is 28.9 Å². The predicted molar refractivity (Wildman–Crippen MR) is 103 cm³/mol. The van der Waals surface area contributed by atoms with Gasteiger partial charge in [0, 0.05) is 17.8 Å². The number of nitrogens with one attached hydrogen (secondary N) is 1. The average Bonchev–Trinajstić information content (AvgIpc) is 3.11. The topological polar surface area (TPSA) is 45.3 Å². The molecule has 0 aliphatic carbocycles. The molecule has 4 heteroatoms. The second-order valence-electron chi connectivity index (χ2n) is 7.01. The van der Waals surface area contributed by atoms with Gasteiger partial charge in [0.15, 0.2) is 6.61 Å². The lowest BCUT2D eigenvalue weighted by Crippen LogP contribution is -2.41. The highest BCUT2D eigenvalue weighted by Gasteiger charge is 2.29. The molecule has 1 fully saturated rings. The molecule has 0 radical (unpaired) electrons. The van der Waals surface area contributed by atoms with Crippen molar-refractivity contribution in [2.24, 2.45) is 0 Å². The summed E-state index contributed by atoms with van der Waals surface area (Å²) in [6.07, 6.45) is 3.18. The van der Waals surface area contributed by atoms with E-state index < -0.39 is 0 Å². The highest BCUT2D eigenvalue weighted by molar-refractivity contribution is 5.81. The van der Waals surface area contributed by atoms with E-state index in [0.717, 1.165) is 42.8 Å². The number of rotatable bonds is 4. The Bertz CT molecular complexity index is 865. The van der Waals surface area contributed by atoms with Crippen molar-refractivity contribution in [3.8, 4) is 5.75 Å². The monoisotopic (exact) mass is 348 g/mol. The molecule has 134 valence electrons. The Morgan fingerprint density at radius 1 is 1.15 bits per heavy atom. The molecule has 3 aromatic rings. The van der Waals surface area contributed by atoms with Crippen molar-refractivity contribution in [2.45, 2.75) is 32.2 Å². The van der Waals surface area contributed by atoms with Crippen LogP contribution < -0.4 is 4.74 Å². The van der Waals surface area contributed by atoms with Gasteiger partial charge in [0.2, 0.25) is 0 Å². The first-order valence-electron chi connectivity index (χ1n) is 9.27. The molecule has 0 saturated carbocycles. The maximum absolute atomic E-state index is 12.8. The van der Waals surface area contributed by atoms with E-state index in [1.807, 2.05) is 48.2 Å². The summed E-state index contributed by atoms with van der Waals surface area (Å²) in [5.41, 5.74) is 3.42. The summed E-state index contributed by atoms with van der Waals surface area (Å²) >= 11 is 0. The number of likely N-dealkylation sites (tertiary alicyclic amines) is 1. The Hall–Kier alpha value is -2.75. The number of hydrogen-bond donors (Lipinski definition) is 1. The predicted octanol–water partition coefficient (Wildman–Crippen LogP) is 4.61. The van der Waals surface area contributed by atoms with Crippen molar-refractivity contribution in [2.75, 3.05) is 13.2 Å². The number of H-pyrrole nitrogens is 1. The van der Waals surface area contributed by atoms with E-state index in [4.69, 9.17) is 4.74 Å². The van der Waals surface area contributed by atoms with Gasteiger partial charge in [-0.05, 0) is 55.8 Å². The lowest BCUT2D eigenvalue weighted by Gasteiger charge is -2.35. The van der Waals surface area contributed by atoms with Gasteiger partial charge in [-0.1, -0.05) is 35.9 Å². The minimum absolute atomic E-state index is 0.0499. The van der Waals surface area contributed by atoms with Crippen LogP contribution in [0, 0.1) is 6.92 Å². The molecule has 1 aromatic heterocycles. The lowest BCUT2D eigenvalue weighted by molar-refractivity contribution is -0.137. The number of carbonyl (C=O) groups is 1. The molecule has 4 rings (SSSR count). The highest BCUT2D eigenvalue weighted by Crippen LogP contribution is 2.32. The molecule has 1 aliphatic heterocycles. The smallest absolute Gasteiger partial charge is 0.261 e. The quantitative estimate of drug-likeness (QED) is 0.748. The summed E-state index contributed by atoms with van der Waals surface area (Å²) < 4.78 is 5.72. The van der Waals surface area contributed by atoms with Gasteiger partial charge >= 0.3 is 0 Å². The molecule has 1 aliphatic rings. The minimum atomic E-state index is 0.0499. The molecular weight excluding hydrogens is 324 g/mol. The molecule has 1 unspecified atom stereocenters. The van der Waals surface area contributed by atoms with Gasteiger partial charge in [-0.3, -0.25) is 4.79 Å². The van der Waals surface area contributed by atoms with E-state index >= 15 is 0 Å². The van der Waals surface area contributed by atoms with E-state index in [-0.39, 0.29) is 18.6 Å². The van der Waals surface area contributed by atoms with E-state index in [1.165, 1.54) is 10.9 Å². The number of aryl methyl sites for hydroxylation is 1. The third-order valence-corrected chi connectivity index (χ3v) is 5.12. The maximum atomic E-state index is 12.8. The number of amides is 1. The normalized spacial score (nSPS) is 17.4. The molecule has 2 heterocycles. The summed E-state index contributed by atoms with van der Waals surface area (Å²) in [5, 5.41) is 1.19. The molecule has 1 N–H and O–H groups in total. The minimum Gasteiger partial charge on any atom is -0.484 e. The van der Waals surface area contributed by atoms with Crippen molar-refractivity contribution < 1.29 is 9.53 Å². The average molecular weight is 348 g/mol. The molecule has 1 amide bonds. The fourth-order valence-corrected chi connectivity index (χ4v) is 3.69. The number of nitrogens with zero attached hydrogens (tertiary/aromatic N) is 1. The molecule has 2 aromatic carbocycles. The summed E-state index contributed by atoms with van der Waals surface area (Å²) in [7, 11) is 0. The van der Waals surface area contributed by atoms with Crippen LogP contribution in [0.1, 0.15) is 36.6 Å². The third kappa shape index (κ3) is 3.45. The van der Waals surface area contributed by atoms with Crippen molar-refractivity contribution in [3.63, 3.8) is 0 Å². The third-order valence-electron chi connectivity index (χ3n) is 5.12. The summed E-state index contributed by atoms with van der Waals surface area (Å²) in [5.74, 6) is 0.789. The molecule has 4 nitrogen and oxygen atoms in total. The van der Waals surface area contributed by atoms with Gasteiger partial charge in [-0.25, -0.2) is 0 Å². The number of aromatic nitrogens is 1. The molecule has 0 bridgehead atoms. The van der Waals surface area contributed by atoms with Crippen LogP contribution in [-0.2, 0) is 4.79 Å². The second kappa shape index (κ2) is 7.24. The molecule has 1 atom stereocenters. The SMILES string of the molecule is Cc1ccc(OCC(=O)N2CCCCC2c2cc3ccccc3[nH]2)cc1. The van der Waals surface area contributed by atoms with Crippen molar-refractivity contribution in [1.82, 2.24) is 9.88 Å². The van der Waals surface area contributed by atoms with Gasteiger partial charge in [-0.15, -0.1) is 0 Å². The zero-order valence-corrected chi connectivity index (χ0v) is 15.1. The zero-order chi connectivity index (χ0) is 17.9. The van der Waals surface area contributed by atoms with Gasteiger partial charge in [0.25, 0.3) is 5.91 Å². The first kappa shape index (κ1) is 16.7. The van der Waals surface area contributed by atoms with Gasteiger partial charge < -0.3 is 14.6 Å². The molecular formula is C22H24N2O2. The fourth-order valence-electron chi connectivity index (χ4n) is 3.69.